The summed E-state index contributed by atoms with van der Waals surface area (Å²) in [5.74, 6) is -1.11. The zero-order valence-electron chi connectivity index (χ0n) is 11.3. The first-order chi connectivity index (χ1) is 9.01. The fraction of sp³-hybridized carbons (Fsp3) is 0.615. The van der Waals surface area contributed by atoms with E-state index in [1.807, 2.05) is 6.92 Å². The van der Waals surface area contributed by atoms with Crippen LogP contribution in [0.4, 0.5) is 0 Å². The molecule has 1 atom stereocenters. The molecule has 0 aliphatic carbocycles. The quantitative estimate of drug-likeness (QED) is 0.210. The first kappa shape index (κ1) is 17.1. The normalized spacial score (nSPS) is 11.1. The van der Waals surface area contributed by atoms with Gasteiger partial charge < -0.3 is 9.47 Å². The molecule has 0 amide bonds. The van der Waals surface area contributed by atoms with E-state index in [0.717, 1.165) is 12.8 Å². The van der Waals surface area contributed by atoms with Gasteiger partial charge in [0.25, 0.3) is 0 Å². The van der Waals surface area contributed by atoms with Crippen molar-refractivity contribution in [2.45, 2.75) is 45.8 Å². The molecule has 0 rings (SSSR count). The molecule has 0 saturated heterocycles. The van der Waals surface area contributed by atoms with Crippen molar-refractivity contribution in [3.63, 3.8) is 0 Å². The maximum atomic E-state index is 11.4. The molecule has 0 saturated carbocycles. The number of unbranched alkanes of at least 4 members (excludes halogenated alkanes) is 2. The zero-order valence-corrected chi connectivity index (χ0v) is 11.3. The molecule has 106 valence electrons. The monoisotopic (exact) mass is 269 g/mol. The molecule has 19 heavy (non-hydrogen) atoms. The van der Waals surface area contributed by atoms with E-state index < -0.39 is 18.2 Å². The summed E-state index contributed by atoms with van der Waals surface area (Å²) >= 11 is 0. The van der Waals surface area contributed by atoms with E-state index in [1.165, 1.54) is 13.0 Å². The van der Waals surface area contributed by atoms with Gasteiger partial charge in [-0.05, 0) is 13.3 Å². The maximum Gasteiger partial charge on any atom is 0.333 e. The van der Waals surface area contributed by atoms with Crippen LogP contribution < -0.4 is 0 Å². The van der Waals surface area contributed by atoms with Crippen LogP contribution >= 0.6 is 0 Å². The third kappa shape index (κ3) is 8.74. The number of rotatable bonds is 9. The molecule has 0 aromatic rings. The van der Waals surface area contributed by atoms with Crippen LogP contribution in [-0.4, -0.2) is 30.9 Å². The lowest BCUT2D eigenvalue weighted by molar-refractivity contribution is -0.156. The summed E-state index contributed by atoms with van der Waals surface area (Å²) < 4.78 is 9.65. The molecule has 0 aliphatic heterocycles. The van der Waals surface area contributed by atoms with Crippen molar-refractivity contribution in [1.82, 2.24) is 0 Å². The second-order valence-corrected chi connectivity index (χ2v) is 4.00. The van der Waals surface area contributed by atoms with Crippen molar-refractivity contribution in [2.24, 2.45) is 4.99 Å². The van der Waals surface area contributed by atoms with E-state index in [9.17, 15) is 14.4 Å². The Morgan fingerprint density at radius 3 is 2.58 bits per heavy atom. The molecule has 0 N–H and O–H groups in total. The lowest BCUT2D eigenvalue weighted by atomic mass is 10.2. The van der Waals surface area contributed by atoms with Crippen molar-refractivity contribution in [3.05, 3.63) is 12.2 Å². The number of carbonyl (C=O) groups excluding carboxylic acids is 3. The first-order valence-electron chi connectivity index (χ1n) is 6.10. The van der Waals surface area contributed by atoms with Crippen molar-refractivity contribution in [1.29, 1.82) is 0 Å². The van der Waals surface area contributed by atoms with Crippen molar-refractivity contribution in [3.8, 4) is 0 Å². The molecule has 0 aliphatic rings. The Hall–Kier alpha value is -1.94. The fourth-order valence-electron chi connectivity index (χ4n) is 1.16. The molecule has 0 radical (unpaired) electrons. The largest absolute Gasteiger partial charge is 0.456 e. The molecule has 0 heterocycles. The van der Waals surface area contributed by atoms with Crippen molar-refractivity contribution >= 4 is 18.0 Å². The van der Waals surface area contributed by atoms with Crippen molar-refractivity contribution in [2.75, 3.05) is 6.61 Å². The van der Waals surface area contributed by atoms with Crippen LogP contribution in [-0.2, 0) is 23.9 Å². The molecule has 0 spiro atoms. The topological polar surface area (TPSA) is 82.0 Å². The number of hydrogen-bond acceptors (Lipinski definition) is 6. The minimum atomic E-state index is -1.14. The van der Waals surface area contributed by atoms with E-state index >= 15 is 0 Å². The van der Waals surface area contributed by atoms with Gasteiger partial charge in [0.15, 0.2) is 6.61 Å². The molecule has 6 heteroatoms. The van der Waals surface area contributed by atoms with Gasteiger partial charge >= 0.3 is 11.9 Å². The second kappa shape index (κ2) is 10.0. The average molecular weight is 269 g/mol. The summed E-state index contributed by atoms with van der Waals surface area (Å²) in [6.45, 7) is 6.58. The number of esters is 2. The average Bonchev–Trinajstić information content (AvgIpc) is 2.36. The Bertz CT molecular complexity index is 371. The smallest absolute Gasteiger partial charge is 0.333 e. The predicted octanol–water partition coefficient (Wildman–Crippen LogP) is 1.89. The Kier molecular flexibility index (Phi) is 9.00. The number of nitrogens with zero attached hydrogens (tertiary/aromatic N) is 1. The summed E-state index contributed by atoms with van der Waals surface area (Å²) in [5, 5.41) is 0. The zero-order chi connectivity index (χ0) is 14.7. The first-order valence-corrected chi connectivity index (χ1v) is 6.10. The fourth-order valence-corrected chi connectivity index (χ4v) is 1.16. The number of hydrogen-bond donors (Lipinski definition) is 0. The van der Waals surface area contributed by atoms with Gasteiger partial charge in [-0.2, -0.15) is 4.99 Å². The lowest BCUT2D eigenvalue weighted by Crippen LogP contribution is -2.23. The summed E-state index contributed by atoms with van der Waals surface area (Å²) in [6, 6.07) is 0. The van der Waals surface area contributed by atoms with Crippen LogP contribution in [0.5, 0.6) is 0 Å². The highest BCUT2D eigenvalue weighted by Gasteiger charge is 2.15. The van der Waals surface area contributed by atoms with Crippen LogP contribution in [0.3, 0.4) is 0 Å². The molecule has 6 nitrogen and oxygen atoms in total. The number of aliphatic imine (C=N–C) groups is 1. The minimum Gasteiger partial charge on any atom is -0.456 e. The standard InChI is InChI=1S/C13H19NO5/c1-4-5-6-7-12(16)19-11(14-9-15)8-18-13(17)10(2)3/h11H,2,4-8H2,1,3H3. The number of ether oxygens (including phenoxy) is 2. The molecule has 0 aromatic carbocycles. The van der Waals surface area contributed by atoms with Gasteiger partial charge in [0, 0.05) is 12.0 Å². The Balaban J connectivity index is 4.18. The third-order valence-corrected chi connectivity index (χ3v) is 2.15. The molecular weight excluding hydrogens is 250 g/mol. The minimum absolute atomic E-state index is 0.211. The Morgan fingerprint density at radius 1 is 1.37 bits per heavy atom. The summed E-state index contributed by atoms with van der Waals surface area (Å²) in [6.07, 6.45) is 2.99. The summed E-state index contributed by atoms with van der Waals surface area (Å²) in [7, 11) is 0. The van der Waals surface area contributed by atoms with Gasteiger partial charge in [-0.15, -0.1) is 0 Å². The van der Waals surface area contributed by atoms with Crippen LogP contribution in [0.2, 0.25) is 0 Å². The van der Waals surface area contributed by atoms with Gasteiger partial charge in [0.2, 0.25) is 12.3 Å². The highest BCUT2D eigenvalue weighted by Crippen LogP contribution is 2.05. The van der Waals surface area contributed by atoms with Crippen molar-refractivity contribution < 1.29 is 23.9 Å². The highest BCUT2D eigenvalue weighted by molar-refractivity contribution is 5.86. The third-order valence-electron chi connectivity index (χ3n) is 2.15. The van der Waals surface area contributed by atoms with Gasteiger partial charge in [-0.3, -0.25) is 4.79 Å². The van der Waals surface area contributed by atoms with E-state index in [2.05, 4.69) is 11.6 Å². The second-order valence-electron chi connectivity index (χ2n) is 4.00. The molecule has 0 aromatic heterocycles. The summed E-state index contributed by atoms with van der Waals surface area (Å²) in [5.41, 5.74) is 0.211. The van der Waals surface area contributed by atoms with Gasteiger partial charge in [-0.1, -0.05) is 26.3 Å². The highest BCUT2D eigenvalue weighted by atomic mass is 16.6. The van der Waals surface area contributed by atoms with Crippen LogP contribution in [0.1, 0.15) is 39.5 Å². The maximum absolute atomic E-state index is 11.4. The SMILES string of the molecule is C=C(C)C(=O)OCC(N=C=O)OC(=O)CCCCC. The molecule has 0 bridgehead atoms. The van der Waals surface area contributed by atoms with E-state index in [4.69, 9.17) is 9.47 Å². The Labute approximate surface area is 112 Å². The lowest BCUT2D eigenvalue weighted by Gasteiger charge is -2.12. The van der Waals surface area contributed by atoms with Gasteiger partial charge in [0.05, 0.1) is 0 Å². The summed E-state index contributed by atoms with van der Waals surface area (Å²) in [4.78, 5) is 36.0. The number of isocyanates is 1. The molecule has 1 unspecified atom stereocenters. The predicted molar refractivity (Wildman–Crippen MR) is 67.9 cm³/mol. The van der Waals surface area contributed by atoms with Crippen LogP contribution in [0, 0.1) is 0 Å². The van der Waals surface area contributed by atoms with E-state index in [0.29, 0.717) is 6.42 Å². The van der Waals surface area contributed by atoms with Gasteiger partial charge in [0.1, 0.15) is 0 Å². The van der Waals surface area contributed by atoms with Gasteiger partial charge in [-0.25, -0.2) is 9.59 Å². The molecule has 0 fully saturated rings. The molecular formula is C13H19NO5. The van der Waals surface area contributed by atoms with Crippen LogP contribution in [0.25, 0.3) is 0 Å². The van der Waals surface area contributed by atoms with E-state index in [1.54, 1.807) is 0 Å². The Morgan fingerprint density at radius 2 is 2.05 bits per heavy atom. The number of carbonyl (C=O) groups is 2. The van der Waals surface area contributed by atoms with E-state index in [-0.39, 0.29) is 18.6 Å². The van der Waals surface area contributed by atoms with Crippen LogP contribution in [0.15, 0.2) is 17.1 Å².